The molecule has 0 aromatic heterocycles. The fraction of sp³-hybridized carbons (Fsp3) is 0.733. The Labute approximate surface area is 109 Å². The third kappa shape index (κ3) is 2.50. The van der Waals surface area contributed by atoms with E-state index in [1.807, 2.05) is 6.08 Å². The minimum Gasteiger partial charge on any atom is -0.462 e. The summed E-state index contributed by atoms with van der Waals surface area (Å²) < 4.78 is 5.58. The molecule has 3 nitrogen and oxygen atoms in total. The van der Waals surface area contributed by atoms with Crippen LogP contribution in [0.3, 0.4) is 0 Å². The Balaban J connectivity index is 2.22. The summed E-state index contributed by atoms with van der Waals surface area (Å²) in [5.41, 5.74) is 0. The molecule has 100 valence electrons. The van der Waals surface area contributed by atoms with Gasteiger partial charge in [0.15, 0.2) is 5.78 Å². The maximum absolute atomic E-state index is 12.0. The number of rotatable bonds is 4. The van der Waals surface area contributed by atoms with E-state index in [1.54, 1.807) is 6.08 Å². The molecule has 4 unspecified atom stereocenters. The number of hydrogen-bond donors (Lipinski definition) is 0. The van der Waals surface area contributed by atoms with E-state index >= 15 is 0 Å². The molecule has 0 amide bonds. The average Bonchev–Trinajstić information content (AvgIpc) is 2.35. The molecule has 3 heteroatoms. The highest BCUT2D eigenvalue weighted by Gasteiger charge is 2.45. The van der Waals surface area contributed by atoms with Crippen LogP contribution in [0, 0.1) is 17.8 Å². The number of cyclic esters (lactones) is 1. The van der Waals surface area contributed by atoms with Gasteiger partial charge in [-0.3, -0.25) is 9.59 Å². The Morgan fingerprint density at radius 3 is 2.61 bits per heavy atom. The highest BCUT2D eigenvalue weighted by Crippen LogP contribution is 2.41. The highest BCUT2D eigenvalue weighted by molar-refractivity contribution is 5.94. The van der Waals surface area contributed by atoms with Crippen LogP contribution in [0.1, 0.15) is 46.0 Å². The summed E-state index contributed by atoms with van der Waals surface area (Å²) in [4.78, 5) is 23.4. The summed E-state index contributed by atoms with van der Waals surface area (Å²) in [6.07, 6.45) is 8.11. The molecule has 1 aliphatic heterocycles. The molecule has 0 N–H and O–H groups in total. The maximum Gasteiger partial charge on any atom is 0.310 e. The number of esters is 1. The number of ketones is 1. The standard InChI is InChI=1S/C15H22O3/c1-3-5-12-11-8-7-10(16)9-13(11)15(17)18-14(12)6-4-2/h7-8,11-14H,3-6,9H2,1-2H3. The van der Waals surface area contributed by atoms with Gasteiger partial charge in [0, 0.05) is 12.3 Å². The highest BCUT2D eigenvalue weighted by atomic mass is 16.5. The van der Waals surface area contributed by atoms with Gasteiger partial charge in [-0.15, -0.1) is 0 Å². The zero-order valence-corrected chi connectivity index (χ0v) is 11.2. The van der Waals surface area contributed by atoms with Gasteiger partial charge in [-0.2, -0.15) is 0 Å². The van der Waals surface area contributed by atoms with Crippen molar-refractivity contribution in [1.29, 1.82) is 0 Å². The van der Waals surface area contributed by atoms with Crippen LogP contribution in [0.4, 0.5) is 0 Å². The van der Waals surface area contributed by atoms with Crippen LogP contribution in [0.2, 0.25) is 0 Å². The van der Waals surface area contributed by atoms with E-state index in [1.165, 1.54) is 0 Å². The van der Waals surface area contributed by atoms with E-state index < -0.39 is 0 Å². The summed E-state index contributed by atoms with van der Waals surface area (Å²) in [7, 11) is 0. The fourth-order valence-electron chi connectivity index (χ4n) is 3.30. The summed E-state index contributed by atoms with van der Waals surface area (Å²) >= 11 is 0. The third-order valence-electron chi connectivity index (χ3n) is 4.13. The van der Waals surface area contributed by atoms with E-state index in [0.29, 0.717) is 12.3 Å². The first kappa shape index (κ1) is 13.3. The maximum atomic E-state index is 12.0. The topological polar surface area (TPSA) is 43.4 Å². The van der Waals surface area contributed by atoms with E-state index in [2.05, 4.69) is 13.8 Å². The van der Waals surface area contributed by atoms with Crippen molar-refractivity contribution in [3.8, 4) is 0 Å². The first-order valence-corrected chi connectivity index (χ1v) is 7.08. The van der Waals surface area contributed by atoms with E-state index in [0.717, 1.165) is 25.7 Å². The average molecular weight is 250 g/mol. The monoisotopic (exact) mass is 250 g/mol. The molecule has 18 heavy (non-hydrogen) atoms. The second-order valence-electron chi connectivity index (χ2n) is 5.43. The van der Waals surface area contributed by atoms with Crippen molar-refractivity contribution in [2.45, 2.75) is 52.1 Å². The minimum absolute atomic E-state index is 0.0431. The molecule has 0 aromatic carbocycles. The second kappa shape index (κ2) is 5.68. The van der Waals surface area contributed by atoms with Gasteiger partial charge in [0.2, 0.25) is 0 Å². The minimum atomic E-state index is -0.229. The molecule has 0 radical (unpaired) electrons. The largest absolute Gasteiger partial charge is 0.462 e. The van der Waals surface area contributed by atoms with Crippen LogP contribution in [-0.2, 0) is 14.3 Å². The molecule has 0 spiro atoms. The summed E-state index contributed by atoms with van der Waals surface area (Å²) in [6.45, 7) is 4.27. The number of carbonyl (C=O) groups is 2. The molecular formula is C15H22O3. The molecule has 1 aliphatic carbocycles. The van der Waals surface area contributed by atoms with Gasteiger partial charge in [-0.25, -0.2) is 0 Å². The molecule has 2 aliphatic rings. The number of hydrogen-bond acceptors (Lipinski definition) is 3. The van der Waals surface area contributed by atoms with E-state index in [9.17, 15) is 9.59 Å². The van der Waals surface area contributed by atoms with Crippen LogP contribution in [0.5, 0.6) is 0 Å². The lowest BCUT2D eigenvalue weighted by Gasteiger charge is -2.42. The molecule has 1 heterocycles. The zero-order chi connectivity index (χ0) is 13.1. The molecule has 2 rings (SSSR count). The van der Waals surface area contributed by atoms with Gasteiger partial charge < -0.3 is 4.74 Å². The molecule has 4 atom stereocenters. The molecule has 0 saturated carbocycles. The van der Waals surface area contributed by atoms with Crippen molar-refractivity contribution in [3.63, 3.8) is 0 Å². The van der Waals surface area contributed by atoms with Gasteiger partial charge >= 0.3 is 5.97 Å². The third-order valence-corrected chi connectivity index (χ3v) is 4.13. The Kier molecular flexibility index (Phi) is 4.20. The van der Waals surface area contributed by atoms with Gasteiger partial charge in [0.05, 0.1) is 5.92 Å². The first-order chi connectivity index (χ1) is 8.67. The Hall–Kier alpha value is -1.12. The quantitative estimate of drug-likeness (QED) is 0.720. The molecule has 0 aromatic rings. The van der Waals surface area contributed by atoms with E-state index in [-0.39, 0.29) is 29.7 Å². The lowest BCUT2D eigenvalue weighted by atomic mass is 9.69. The van der Waals surface area contributed by atoms with Crippen molar-refractivity contribution in [2.75, 3.05) is 0 Å². The molecule has 1 saturated heterocycles. The normalized spacial score (nSPS) is 35.2. The predicted molar refractivity (Wildman–Crippen MR) is 68.9 cm³/mol. The van der Waals surface area contributed by atoms with Crippen molar-refractivity contribution in [3.05, 3.63) is 12.2 Å². The number of fused-ring (bicyclic) bond motifs is 1. The lowest BCUT2D eigenvalue weighted by molar-refractivity contribution is -0.173. The van der Waals surface area contributed by atoms with Crippen LogP contribution < -0.4 is 0 Å². The van der Waals surface area contributed by atoms with Gasteiger partial charge in [0.25, 0.3) is 0 Å². The van der Waals surface area contributed by atoms with E-state index in [4.69, 9.17) is 4.74 Å². The molecule has 0 bridgehead atoms. The second-order valence-corrected chi connectivity index (χ2v) is 5.43. The molecule has 1 fully saturated rings. The van der Waals surface area contributed by atoms with Gasteiger partial charge in [-0.05, 0) is 24.8 Å². The zero-order valence-electron chi connectivity index (χ0n) is 11.2. The van der Waals surface area contributed by atoms with Crippen molar-refractivity contribution in [2.24, 2.45) is 17.8 Å². The molecular weight excluding hydrogens is 228 g/mol. The van der Waals surface area contributed by atoms with Crippen molar-refractivity contribution in [1.82, 2.24) is 0 Å². The van der Waals surface area contributed by atoms with Crippen LogP contribution in [0.15, 0.2) is 12.2 Å². The van der Waals surface area contributed by atoms with Crippen LogP contribution in [0.25, 0.3) is 0 Å². The SMILES string of the molecule is CCCC1OC(=O)C2CC(=O)C=CC2C1CCC. The smallest absolute Gasteiger partial charge is 0.310 e. The van der Waals surface area contributed by atoms with Crippen LogP contribution >= 0.6 is 0 Å². The van der Waals surface area contributed by atoms with Crippen molar-refractivity contribution >= 4 is 11.8 Å². The van der Waals surface area contributed by atoms with Crippen molar-refractivity contribution < 1.29 is 14.3 Å². The van der Waals surface area contributed by atoms with Gasteiger partial charge in [0.1, 0.15) is 6.10 Å². The Morgan fingerprint density at radius 2 is 1.94 bits per heavy atom. The fourth-order valence-corrected chi connectivity index (χ4v) is 3.30. The first-order valence-electron chi connectivity index (χ1n) is 7.08. The van der Waals surface area contributed by atoms with Crippen LogP contribution in [-0.4, -0.2) is 17.9 Å². The number of ether oxygens (including phenoxy) is 1. The Morgan fingerprint density at radius 1 is 1.22 bits per heavy atom. The number of carbonyl (C=O) groups excluding carboxylic acids is 2. The lowest BCUT2D eigenvalue weighted by Crippen LogP contribution is -2.46. The Bertz CT molecular complexity index is 359. The number of allylic oxidation sites excluding steroid dienone is 2. The summed E-state index contributed by atoms with van der Waals surface area (Å²) in [5.74, 6) is 0.260. The van der Waals surface area contributed by atoms with Gasteiger partial charge in [-0.1, -0.05) is 32.8 Å². The predicted octanol–water partition coefficient (Wildman–Crippen LogP) is 2.89. The summed E-state index contributed by atoms with van der Waals surface area (Å²) in [6, 6.07) is 0. The summed E-state index contributed by atoms with van der Waals surface area (Å²) in [5, 5.41) is 0.